The van der Waals surface area contributed by atoms with Gasteiger partial charge in [0.1, 0.15) is 0 Å². The Labute approximate surface area is 163 Å². The summed E-state index contributed by atoms with van der Waals surface area (Å²) in [5.74, 6) is -0.791. The van der Waals surface area contributed by atoms with Crippen molar-refractivity contribution in [3.8, 4) is 0 Å². The molecule has 0 unspecified atom stereocenters. The average Bonchev–Trinajstić information content (AvgIpc) is 2.68. The van der Waals surface area contributed by atoms with Crippen LogP contribution >= 0.6 is 0 Å². The van der Waals surface area contributed by atoms with Crippen molar-refractivity contribution in [3.05, 3.63) is 29.8 Å². The number of halogens is 1. The van der Waals surface area contributed by atoms with Gasteiger partial charge in [0, 0.05) is 45.2 Å². The van der Waals surface area contributed by atoms with Gasteiger partial charge in [0.05, 0.1) is 6.04 Å². The molecule has 0 aliphatic carbocycles. The largest absolute Gasteiger partial charge is 0.354 e. The molecule has 2 bridgehead atoms. The van der Waals surface area contributed by atoms with Crippen LogP contribution < -0.4 is 5.32 Å². The number of carbonyl (C=O) groups excluding carboxylic acids is 3. The second kappa shape index (κ2) is 7.48. The van der Waals surface area contributed by atoms with Gasteiger partial charge in [-0.2, -0.15) is 0 Å². The number of fused-ring (bicyclic) bond motifs is 4. The Hall–Kier alpha value is -2.51. The highest BCUT2D eigenvalue weighted by Gasteiger charge is 2.50. The molecule has 3 aliphatic heterocycles. The van der Waals surface area contributed by atoms with Crippen molar-refractivity contribution in [1.29, 1.82) is 0 Å². The predicted octanol–water partition coefficient (Wildman–Crippen LogP) is 1.20. The highest BCUT2D eigenvalue weighted by molar-refractivity contribution is 5.92. The minimum atomic E-state index is -0.618. The normalized spacial score (nSPS) is 29.3. The molecule has 150 valence electrons. The Balaban J connectivity index is 1.60. The van der Waals surface area contributed by atoms with Crippen molar-refractivity contribution < 1.29 is 18.8 Å². The molecule has 3 aliphatic rings. The first-order valence-electron chi connectivity index (χ1n) is 9.91. The summed E-state index contributed by atoms with van der Waals surface area (Å²) < 4.78 is 14.1. The average molecular weight is 388 g/mol. The van der Waals surface area contributed by atoms with E-state index < -0.39 is 11.7 Å². The number of amides is 3. The first-order chi connectivity index (χ1) is 13.5. The van der Waals surface area contributed by atoms with Gasteiger partial charge in [-0.15, -0.1) is 0 Å². The van der Waals surface area contributed by atoms with Crippen LogP contribution in [0.15, 0.2) is 18.3 Å². The molecular formula is C20H25FN4O3. The van der Waals surface area contributed by atoms with E-state index in [-0.39, 0.29) is 41.4 Å². The molecule has 28 heavy (non-hydrogen) atoms. The van der Waals surface area contributed by atoms with Crippen molar-refractivity contribution in [2.75, 3.05) is 19.6 Å². The number of hydrogen-bond acceptors (Lipinski definition) is 4. The van der Waals surface area contributed by atoms with Crippen LogP contribution in [0, 0.1) is 17.7 Å². The number of carbonyl (C=O) groups is 3. The lowest BCUT2D eigenvalue weighted by atomic mass is 9.72. The number of piperidine rings is 3. The van der Waals surface area contributed by atoms with E-state index in [1.807, 2.05) is 4.90 Å². The highest BCUT2D eigenvalue weighted by Crippen LogP contribution is 2.41. The number of nitrogens with one attached hydrogen (secondary N) is 1. The number of rotatable bonds is 3. The van der Waals surface area contributed by atoms with Crippen LogP contribution in [-0.4, -0.2) is 64.2 Å². The van der Waals surface area contributed by atoms with Crippen LogP contribution in [0.3, 0.4) is 0 Å². The summed E-state index contributed by atoms with van der Waals surface area (Å²) in [6, 6.07) is 2.64. The van der Waals surface area contributed by atoms with Gasteiger partial charge in [-0.1, -0.05) is 0 Å². The van der Waals surface area contributed by atoms with E-state index in [1.54, 1.807) is 4.90 Å². The smallest absolute Gasteiger partial charge is 0.275 e. The Kier molecular flexibility index (Phi) is 5.03. The Morgan fingerprint density at radius 1 is 1.32 bits per heavy atom. The van der Waals surface area contributed by atoms with Gasteiger partial charge >= 0.3 is 0 Å². The Bertz CT molecular complexity index is 801. The summed E-state index contributed by atoms with van der Waals surface area (Å²) in [6.45, 7) is 2.79. The molecule has 0 spiro atoms. The molecule has 4 rings (SSSR count). The lowest BCUT2D eigenvalue weighted by Crippen LogP contribution is -2.67. The van der Waals surface area contributed by atoms with E-state index >= 15 is 0 Å². The fourth-order valence-electron chi connectivity index (χ4n) is 5.14. The van der Waals surface area contributed by atoms with Crippen molar-refractivity contribution in [2.45, 2.75) is 44.7 Å². The van der Waals surface area contributed by atoms with E-state index in [4.69, 9.17) is 0 Å². The molecule has 0 saturated carbocycles. The van der Waals surface area contributed by atoms with Crippen molar-refractivity contribution in [3.63, 3.8) is 0 Å². The van der Waals surface area contributed by atoms with Crippen molar-refractivity contribution >= 4 is 17.7 Å². The monoisotopic (exact) mass is 388 g/mol. The van der Waals surface area contributed by atoms with Crippen LogP contribution in [0.4, 0.5) is 4.39 Å². The number of nitrogens with zero attached hydrogens (tertiary/aromatic N) is 3. The summed E-state index contributed by atoms with van der Waals surface area (Å²) in [6.07, 6.45) is 4.61. The topological polar surface area (TPSA) is 82.6 Å². The van der Waals surface area contributed by atoms with E-state index in [9.17, 15) is 18.8 Å². The van der Waals surface area contributed by atoms with Gasteiger partial charge in [0.25, 0.3) is 5.91 Å². The van der Waals surface area contributed by atoms with Gasteiger partial charge in [-0.25, -0.2) is 9.37 Å². The maximum Gasteiger partial charge on any atom is 0.275 e. The number of aromatic nitrogens is 1. The first kappa shape index (κ1) is 18.8. The molecule has 3 fully saturated rings. The molecule has 4 atom stereocenters. The maximum absolute atomic E-state index is 14.1. The molecular weight excluding hydrogens is 363 g/mol. The molecule has 1 aromatic rings. The van der Waals surface area contributed by atoms with Crippen LogP contribution in [0.25, 0.3) is 0 Å². The third-order valence-electron chi connectivity index (χ3n) is 6.31. The SMILES string of the molecule is CC(=O)NC[C@H]1[C@H]2C[C@H](CN(C(=O)c3ncccc3F)C2)[C@@H]2CCCC(=O)N21. The third-order valence-corrected chi connectivity index (χ3v) is 6.31. The molecule has 3 saturated heterocycles. The summed E-state index contributed by atoms with van der Waals surface area (Å²) >= 11 is 0. The number of pyridine rings is 1. The molecule has 4 heterocycles. The van der Waals surface area contributed by atoms with E-state index in [2.05, 4.69) is 10.3 Å². The lowest BCUT2D eigenvalue weighted by molar-refractivity contribution is -0.151. The zero-order valence-electron chi connectivity index (χ0n) is 15.9. The fraction of sp³-hybridized carbons (Fsp3) is 0.600. The maximum atomic E-state index is 14.1. The standard InChI is InChI=1S/C20H25FN4O3/c1-12(26)23-9-17-14-8-13(16-5-2-6-18(27)25(16)17)10-24(11-14)20(28)19-15(21)4-3-7-22-19/h3-4,7,13-14,16-17H,2,5-6,8-11H2,1H3,(H,23,26)/t13-,14+,16+,17+/m1/s1. The van der Waals surface area contributed by atoms with Gasteiger partial charge in [0.15, 0.2) is 11.5 Å². The molecule has 7 nitrogen and oxygen atoms in total. The van der Waals surface area contributed by atoms with Crippen LogP contribution in [0.5, 0.6) is 0 Å². The molecule has 1 N–H and O–H groups in total. The fourth-order valence-corrected chi connectivity index (χ4v) is 5.14. The molecule has 3 amide bonds. The molecule has 1 aromatic heterocycles. The van der Waals surface area contributed by atoms with Gasteiger partial charge in [0.2, 0.25) is 11.8 Å². The molecule has 0 aromatic carbocycles. The zero-order valence-corrected chi connectivity index (χ0v) is 15.9. The lowest BCUT2D eigenvalue weighted by Gasteiger charge is -2.56. The van der Waals surface area contributed by atoms with Gasteiger partial charge in [-0.3, -0.25) is 14.4 Å². The summed E-state index contributed by atoms with van der Waals surface area (Å²) in [4.78, 5) is 44.6. The van der Waals surface area contributed by atoms with Crippen molar-refractivity contribution in [2.24, 2.45) is 11.8 Å². The summed E-state index contributed by atoms with van der Waals surface area (Å²) in [7, 11) is 0. The van der Waals surface area contributed by atoms with Crippen LogP contribution in [-0.2, 0) is 9.59 Å². The second-order valence-electron chi connectivity index (χ2n) is 8.06. The summed E-state index contributed by atoms with van der Waals surface area (Å²) in [5.41, 5.74) is -0.155. The van der Waals surface area contributed by atoms with Gasteiger partial charge in [-0.05, 0) is 43.2 Å². The second-order valence-corrected chi connectivity index (χ2v) is 8.06. The first-order valence-corrected chi connectivity index (χ1v) is 9.91. The van der Waals surface area contributed by atoms with E-state index in [1.165, 1.54) is 25.3 Å². The Morgan fingerprint density at radius 2 is 2.11 bits per heavy atom. The molecule has 0 radical (unpaired) electrons. The summed E-state index contributed by atoms with van der Waals surface area (Å²) in [5, 5.41) is 2.85. The Morgan fingerprint density at radius 3 is 2.86 bits per heavy atom. The van der Waals surface area contributed by atoms with E-state index in [0.29, 0.717) is 26.1 Å². The quantitative estimate of drug-likeness (QED) is 0.844. The highest BCUT2D eigenvalue weighted by atomic mass is 19.1. The number of hydrogen-bond donors (Lipinski definition) is 1. The van der Waals surface area contributed by atoms with E-state index in [0.717, 1.165) is 19.3 Å². The predicted molar refractivity (Wildman–Crippen MR) is 98.7 cm³/mol. The third kappa shape index (κ3) is 3.36. The minimum Gasteiger partial charge on any atom is -0.354 e. The van der Waals surface area contributed by atoms with Crippen LogP contribution in [0.2, 0.25) is 0 Å². The number of likely N-dealkylation sites (tertiary alicyclic amines) is 1. The minimum absolute atomic E-state index is 0.0552. The molecule has 8 heteroatoms. The van der Waals surface area contributed by atoms with Crippen molar-refractivity contribution in [1.82, 2.24) is 20.1 Å². The van der Waals surface area contributed by atoms with Gasteiger partial charge < -0.3 is 15.1 Å². The van der Waals surface area contributed by atoms with Crippen LogP contribution in [0.1, 0.15) is 43.1 Å². The zero-order chi connectivity index (χ0) is 19.8.